The van der Waals surface area contributed by atoms with E-state index in [9.17, 15) is 29.4 Å². The summed E-state index contributed by atoms with van der Waals surface area (Å²) in [6.45, 7) is 5.40. The van der Waals surface area contributed by atoms with Gasteiger partial charge < -0.3 is 42.6 Å². The standard InChI is InChI=1S/C27H42N6O6/c1-4-15(2)23(26(37)31-20(27(38)39)11-7-8-12-28)33-24(35)21(32-25(36)22(29)16(3)34)13-17-14-30-19-10-6-5-9-18(17)19/h5-6,9-10,14-16,20-23,30,34H,4,7-8,11-13,28-29H2,1-3H3,(H,31,37)(H,32,36)(H,33,35)(H,38,39). The second-order valence-electron chi connectivity index (χ2n) is 9.95. The number of nitrogens with two attached hydrogens (primary N) is 2. The molecule has 0 aliphatic heterocycles. The van der Waals surface area contributed by atoms with Gasteiger partial charge in [-0.25, -0.2) is 4.79 Å². The van der Waals surface area contributed by atoms with Crippen LogP contribution in [-0.4, -0.2) is 75.7 Å². The van der Waals surface area contributed by atoms with Crippen LogP contribution in [0.5, 0.6) is 0 Å². The number of aromatic amines is 1. The van der Waals surface area contributed by atoms with Crippen LogP contribution in [0.2, 0.25) is 0 Å². The largest absolute Gasteiger partial charge is 0.480 e. The molecule has 1 heterocycles. The number of aliphatic hydroxyl groups is 1. The molecule has 12 nitrogen and oxygen atoms in total. The minimum Gasteiger partial charge on any atom is -0.480 e. The van der Waals surface area contributed by atoms with Crippen LogP contribution in [0, 0.1) is 5.92 Å². The number of aliphatic carboxylic acids is 1. The highest BCUT2D eigenvalue weighted by Gasteiger charge is 2.33. The molecular weight excluding hydrogens is 504 g/mol. The molecule has 0 fully saturated rings. The summed E-state index contributed by atoms with van der Waals surface area (Å²) >= 11 is 0. The maximum atomic E-state index is 13.5. The average molecular weight is 547 g/mol. The van der Waals surface area contributed by atoms with Crippen LogP contribution in [0.1, 0.15) is 52.0 Å². The third kappa shape index (κ3) is 9.05. The number of hydrogen-bond donors (Lipinski definition) is 8. The van der Waals surface area contributed by atoms with Gasteiger partial charge in [0.25, 0.3) is 0 Å². The Balaban J connectivity index is 2.29. The molecule has 1 aromatic carbocycles. The smallest absolute Gasteiger partial charge is 0.326 e. The summed E-state index contributed by atoms with van der Waals surface area (Å²) in [5, 5.41) is 28.1. The Kier molecular flexibility index (Phi) is 12.4. The van der Waals surface area contributed by atoms with E-state index < -0.39 is 54.0 Å². The number of aromatic nitrogens is 1. The number of benzene rings is 1. The highest BCUT2D eigenvalue weighted by atomic mass is 16.4. The predicted molar refractivity (Wildman–Crippen MR) is 147 cm³/mol. The molecule has 3 amide bonds. The van der Waals surface area contributed by atoms with Gasteiger partial charge in [0, 0.05) is 23.5 Å². The predicted octanol–water partition coefficient (Wildman–Crippen LogP) is 0.133. The molecule has 1 aromatic heterocycles. The van der Waals surface area contributed by atoms with Gasteiger partial charge in [0.1, 0.15) is 24.2 Å². The quantitative estimate of drug-likeness (QED) is 0.135. The molecule has 12 heteroatoms. The highest BCUT2D eigenvalue weighted by molar-refractivity contribution is 5.95. The second-order valence-corrected chi connectivity index (χ2v) is 9.95. The Morgan fingerprint density at radius 3 is 2.26 bits per heavy atom. The summed E-state index contributed by atoms with van der Waals surface area (Å²) in [6.07, 6.45) is 2.55. The molecule has 0 aliphatic carbocycles. The van der Waals surface area contributed by atoms with Crippen molar-refractivity contribution < 1.29 is 29.4 Å². The first-order chi connectivity index (χ1) is 18.5. The first kappa shape index (κ1) is 31.7. The number of nitrogens with one attached hydrogen (secondary N) is 4. The Bertz CT molecular complexity index is 1120. The van der Waals surface area contributed by atoms with Gasteiger partial charge in [-0.05, 0) is 50.3 Å². The molecule has 0 saturated carbocycles. The molecule has 0 radical (unpaired) electrons. The highest BCUT2D eigenvalue weighted by Crippen LogP contribution is 2.20. The van der Waals surface area contributed by atoms with E-state index in [1.54, 1.807) is 13.1 Å². The van der Waals surface area contributed by atoms with Crippen molar-refractivity contribution >= 4 is 34.6 Å². The van der Waals surface area contributed by atoms with Crippen molar-refractivity contribution in [1.82, 2.24) is 20.9 Å². The number of carbonyl (C=O) groups excluding carboxylic acids is 3. The maximum absolute atomic E-state index is 13.5. The van der Waals surface area contributed by atoms with Crippen LogP contribution in [0.25, 0.3) is 10.9 Å². The van der Waals surface area contributed by atoms with Crippen LogP contribution >= 0.6 is 0 Å². The Hall–Kier alpha value is -3.48. The van der Waals surface area contributed by atoms with E-state index in [4.69, 9.17) is 11.5 Å². The molecule has 2 aromatic rings. The number of rotatable bonds is 16. The summed E-state index contributed by atoms with van der Waals surface area (Å²) in [7, 11) is 0. The molecule has 0 saturated heterocycles. The van der Waals surface area contributed by atoms with Gasteiger partial charge in [-0.3, -0.25) is 14.4 Å². The third-order valence-corrected chi connectivity index (χ3v) is 6.91. The number of carboxylic acids is 1. The topological polar surface area (TPSA) is 213 Å². The number of H-pyrrole nitrogens is 1. The molecule has 6 unspecified atom stereocenters. The third-order valence-electron chi connectivity index (χ3n) is 6.91. The molecule has 6 atom stereocenters. The maximum Gasteiger partial charge on any atom is 0.326 e. The fraction of sp³-hybridized carbons (Fsp3) is 0.556. The SMILES string of the molecule is CCC(C)C(NC(=O)C(Cc1c[nH]c2ccccc12)NC(=O)C(N)C(C)O)C(=O)NC(CCCCN)C(=O)O. The lowest BCUT2D eigenvalue weighted by Crippen LogP contribution is -2.59. The number of para-hydroxylation sites is 1. The number of amides is 3. The fourth-order valence-corrected chi connectivity index (χ4v) is 4.18. The lowest BCUT2D eigenvalue weighted by atomic mass is 9.96. The van der Waals surface area contributed by atoms with Crippen molar-refractivity contribution in [2.75, 3.05) is 6.54 Å². The summed E-state index contributed by atoms with van der Waals surface area (Å²) in [4.78, 5) is 54.3. The first-order valence-electron chi connectivity index (χ1n) is 13.3. The zero-order chi connectivity index (χ0) is 29.1. The lowest BCUT2D eigenvalue weighted by Gasteiger charge is -2.28. The summed E-state index contributed by atoms with van der Waals surface area (Å²) in [5.74, 6) is -3.50. The normalized spacial score (nSPS) is 15.9. The molecule has 0 aliphatic rings. The molecule has 39 heavy (non-hydrogen) atoms. The fourth-order valence-electron chi connectivity index (χ4n) is 4.18. The van der Waals surface area contributed by atoms with E-state index in [1.165, 1.54) is 6.92 Å². The van der Waals surface area contributed by atoms with Gasteiger partial charge >= 0.3 is 5.97 Å². The first-order valence-corrected chi connectivity index (χ1v) is 13.3. The van der Waals surface area contributed by atoms with Crippen LogP contribution in [0.4, 0.5) is 0 Å². The van der Waals surface area contributed by atoms with E-state index in [0.29, 0.717) is 25.8 Å². The van der Waals surface area contributed by atoms with Crippen molar-refractivity contribution in [2.24, 2.45) is 17.4 Å². The number of carboxylic acid groups (broad SMARTS) is 1. The Labute approximate surface area is 228 Å². The minimum atomic E-state index is -1.26. The van der Waals surface area contributed by atoms with Gasteiger partial charge in [-0.15, -0.1) is 0 Å². The lowest BCUT2D eigenvalue weighted by molar-refractivity contribution is -0.143. The van der Waals surface area contributed by atoms with Gasteiger partial charge in [-0.1, -0.05) is 38.5 Å². The van der Waals surface area contributed by atoms with E-state index >= 15 is 0 Å². The van der Waals surface area contributed by atoms with E-state index in [1.807, 2.05) is 31.2 Å². The number of carbonyl (C=O) groups is 4. The second kappa shape index (κ2) is 15.2. The van der Waals surface area contributed by atoms with Crippen molar-refractivity contribution in [2.45, 2.75) is 83.1 Å². The Morgan fingerprint density at radius 1 is 0.974 bits per heavy atom. The molecule has 0 spiro atoms. The van der Waals surface area contributed by atoms with Crippen molar-refractivity contribution in [3.05, 3.63) is 36.0 Å². The number of unbranched alkanes of at least 4 members (excludes halogenated alkanes) is 1. The molecule has 10 N–H and O–H groups in total. The number of fused-ring (bicyclic) bond motifs is 1. The van der Waals surface area contributed by atoms with Gasteiger partial charge in [0.05, 0.1) is 6.10 Å². The van der Waals surface area contributed by atoms with E-state index in [2.05, 4.69) is 20.9 Å². The van der Waals surface area contributed by atoms with Crippen LogP contribution < -0.4 is 27.4 Å². The van der Waals surface area contributed by atoms with Gasteiger partial charge in [-0.2, -0.15) is 0 Å². The zero-order valence-corrected chi connectivity index (χ0v) is 22.8. The molecule has 216 valence electrons. The summed E-state index contributed by atoms with van der Waals surface area (Å²) in [5.41, 5.74) is 12.9. The van der Waals surface area contributed by atoms with Crippen molar-refractivity contribution in [1.29, 1.82) is 0 Å². The van der Waals surface area contributed by atoms with E-state index in [-0.39, 0.29) is 18.8 Å². The van der Waals surface area contributed by atoms with Gasteiger partial charge in [0.15, 0.2) is 0 Å². The van der Waals surface area contributed by atoms with Crippen LogP contribution in [0.3, 0.4) is 0 Å². The number of aliphatic hydroxyl groups excluding tert-OH is 1. The van der Waals surface area contributed by atoms with Gasteiger partial charge in [0.2, 0.25) is 17.7 Å². The number of hydrogen-bond acceptors (Lipinski definition) is 7. The van der Waals surface area contributed by atoms with Crippen LogP contribution in [0.15, 0.2) is 30.5 Å². The molecular formula is C27H42N6O6. The van der Waals surface area contributed by atoms with E-state index in [0.717, 1.165) is 16.5 Å². The summed E-state index contributed by atoms with van der Waals surface area (Å²) < 4.78 is 0. The Morgan fingerprint density at radius 2 is 1.64 bits per heavy atom. The van der Waals surface area contributed by atoms with Crippen molar-refractivity contribution in [3.63, 3.8) is 0 Å². The molecule has 2 rings (SSSR count). The monoisotopic (exact) mass is 546 g/mol. The molecule has 0 bridgehead atoms. The minimum absolute atomic E-state index is 0.0831. The summed E-state index contributed by atoms with van der Waals surface area (Å²) in [6, 6.07) is 2.92. The van der Waals surface area contributed by atoms with Crippen molar-refractivity contribution in [3.8, 4) is 0 Å². The van der Waals surface area contributed by atoms with Crippen LogP contribution in [-0.2, 0) is 25.6 Å². The zero-order valence-electron chi connectivity index (χ0n) is 22.8. The average Bonchev–Trinajstić information content (AvgIpc) is 3.32.